The van der Waals surface area contributed by atoms with Gasteiger partial charge in [-0.1, -0.05) is 0 Å². The van der Waals surface area contributed by atoms with E-state index in [4.69, 9.17) is 9.47 Å². The molecular weight excluding hydrogens is 210 g/mol. The third kappa shape index (κ3) is 0.948. The summed E-state index contributed by atoms with van der Waals surface area (Å²) in [6.07, 6.45) is 3.66. The van der Waals surface area contributed by atoms with Gasteiger partial charge < -0.3 is 19.6 Å². The van der Waals surface area contributed by atoms with Crippen molar-refractivity contribution in [1.82, 2.24) is 4.98 Å². The average Bonchev–Trinajstić information content (AvgIpc) is 2.59. The Bertz CT molecular complexity index is 404. The van der Waals surface area contributed by atoms with Crippen molar-refractivity contribution in [3.8, 4) is 0 Å². The second-order valence-electron chi connectivity index (χ2n) is 4.55. The Kier molecular flexibility index (Phi) is 1.90. The zero-order valence-corrected chi connectivity index (χ0v) is 8.73. The van der Waals surface area contributed by atoms with Crippen LogP contribution in [0.25, 0.3) is 0 Å². The predicted octanol–water partition coefficient (Wildman–Crippen LogP) is 0.384. The van der Waals surface area contributed by atoms with Crippen molar-refractivity contribution in [2.45, 2.75) is 5.41 Å². The molecule has 0 radical (unpaired) electrons. The summed E-state index contributed by atoms with van der Waals surface area (Å²) in [7, 11) is 0. The highest BCUT2D eigenvalue weighted by Crippen LogP contribution is 2.51. The zero-order chi connectivity index (χ0) is 11.2. The molecule has 5 nitrogen and oxygen atoms in total. The highest BCUT2D eigenvalue weighted by Gasteiger charge is 2.66. The smallest absolute Gasteiger partial charge is 0.315 e. The van der Waals surface area contributed by atoms with E-state index in [1.807, 2.05) is 18.5 Å². The Morgan fingerprint density at radius 1 is 1.31 bits per heavy atom. The average molecular weight is 223 g/mol. The van der Waals surface area contributed by atoms with Gasteiger partial charge in [-0.15, -0.1) is 0 Å². The van der Waals surface area contributed by atoms with E-state index in [-0.39, 0.29) is 13.2 Å². The summed E-state index contributed by atoms with van der Waals surface area (Å²) in [5.41, 5.74) is -0.227. The maximum absolute atomic E-state index is 11.5. The number of ether oxygens (including phenoxy) is 2. The number of aliphatic carboxylic acids is 1. The van der Waals surface area contributed by atoms with Crippen LogP contribution in [0.15, 0.2) is 18.5 Å². The second kappa shape index (κ2) is 3.09. The molecule has 2 aliphatic heterocycles. The summed E-state index contributed by atoms with van der Waals surface area (Å²) in [6, 6.07) is 1.92. The van der Waals surface area contributed by atoms with Crippen molar-refractivity contribution in [2.24, 2.45) is 5.41 Å². The minimum absolute atomic E-state index is 0.275. The van der Waals surface area contributed by atoms with Gasteiger partial charge in [-0.2, -0.15) is 0 Å². The number of carboxylic acids is 1. The van der Waals surface area contributed by atoms with Gasteiger partial charge in [0.25, 0.3) is 0 Å². The standard InChI is InChI=1S/C11H13NO4/c13-9(14)11(6-16-7-11)10(4-15-5-10)8-1-2-12-3-8/h1-3,12H,4-7H2,(H,13,14). The quantitative estimate of drug-likeness (QED) is 0.777. The Hall–Kier alpha value is -1.33. The van der Waals surface area contributed by atoms with Gasteiger partial charge in [0.1, 0.15) is 5.41 Å². The lowest BCUT2D eigenvalue weighted by Crippen LogP contribution is -2.69. The van der Waals surface area contributed by atoms with Gasteiger partial charge in [0.05, 0.1) is 31.8 Å². The van der Waals surface area contributed by atoms with Gasteiger partial charge in [0.15, 0.2) is 0 Å². The maximum atomic E-state index is 11.5. The molecule has 1 aromatic rings. The van der Waals surface area contributed by atoms with E-state index in [1.165, 1.54) is 0 Å². The predicted molar refractivity (Wildman–Crippen MR) is 54.2 cm³/mol. The Balaban J connectivity index is 2.05. The van der Waals surface area contributed by atoms with Crippen LogP contribution in [0.5, 0.6) is 0 Å². The van der Waals surface area contributed by atoms with E-state index in [2.05, 4.69) is 4.98 Å². The summed E-state index contributed by atoms with van der Waals surface area (Å²) in [6.45, 7) is 1.47. The Labute approximate surface area is 92.4 Å². The molecule has 3 heterocycles. The van der Waals surface area contributed by atoms with Crippen molar-refractivity contribution < 1.29 is 19.4 Å². The summed E-state index contributed by atoms with van der Waals surface area (Å²) in [5.74, 6) is -0.789. The largest absolute Gasteiger partial charge is 0.481 e. The monoisotopic (exact) mass is 223 g/mol. The van der Waals surface area contributed by atoms with E-state index in [0.717, 1.165) is 5.56 Å². The van der Waals surface area contributed by atoms with Gasteiger partial charge in [0, 0.05) is 12.4 Å². The lowest BCUT2D eigenvalue weighted by Gasteiger charge is -2.56. The van der Waals surface area contributed by atoms with Crippen LogP contribution >= 0.6 is 0 Å². The van der Waals surface area contributed by atoms with Gasteiger partial charge >= 0.3 is 5.97 Å². The number of aromatic nitrogens is 1. The van der Waals surface area contributed by atoms with Crippen molar-refractivity contribution in [2.75, 3.05) is 26.4 Å². The SMILES string of the molecule is O=C(O)C1(C2(c3cc[nH]c3)COC2)COC1. The number of rotatable bonds is 3. The normalized spacial score (nSPS) is 25.5. The molecular formula is C11H13NO4. The Morgan fingerprint density at radius 3 is 2.31 bits per heavy atom. The summed E-state index contributed by atoms with van der Waals surface area (Å²) in [5, 5.41) is 9.44. The third-order valence-electron chi connectivity index (χ3n) is 3.87. The summed E-state index contributed by atoms with van der Waals surface area (Å²) in [4.78, 5) is 14.5. The molecule has 0 atom stereocenters. The first-order chi connectivity index (χ1) is 7.71. The minimum atomic E-state index is -0.812. The van der Waals surface area contributed by atoms with Crippen LogP contribution in [0.1, 0.15) is 5.56 Å². The van der Waals surface area contributed by atoms with E-state index < -0.39 is 16.8 Å². The number of nitrogens with one attached hydrogen (secondary N) is 1. The first kappa shape index (κ1) is 9.86. The number of hydrogen-bond donors (Lipinski definition) is 2. The Morgan fingerprint density at radius 2 is 2.00 bits per heavy atom. The first-order valence-corrected chi connectivity index (χ1v) is 5.23. The lowest BCUT2D eigenvalue weighted by molar-refractivity contribution is -0.236. The fraction of sp³-hybridized carbons (Fsp3) is 0.545. The highest BCUT2D eigenvalue weighted by atomic mass is 16.5. The molecule has 2 saturated heterocycles. The van der Waals surface area contributed by atoms with Crippen molar-refractivity contribution in [3.63, 3.8) is 0 Å². The molecule has 86 valence electrons. The number of carboxylic acid groups (broad SMARTS) is 1. The van der Waals surface area contributed by atoms with Crippen LogP contribution in [0, 0.1) is 5.41 Å². The molecule has 0 saturated carbocycles. The molecule has 2 N–H and O–H groups in total. The molecule has 0 aromatic carbocycles. The van der Waals surface area contributed by atoms with E-state index in [0.29, 0.717) is 13.2 Å². The molecule has 0 spiro atoms. The molecule has 3 rings (SSSR count). The topological polar surface area (TPSA) is 71.5 Å². The van der Waals surface area contributed by atoms with Crippen LogP contribution in [0.2, 0.25) is 0 Å². The molecule has 5 heteroatoms. The molecule has 2 fully saturated rings. The van der Waals surface area contributed by atoms with Crippen LogP contribution in [0.3, 0.4) is 0 Å². The molecule has 2 aliphatic rings. The van der Waals surface area contributed by atoms with E-state index >= 15 is 0 Å². The zero-order valence-electron chi connectivity index (χ0n) is 8.73. The molecule has 1 aromatic heterocycles. The van der Waals surface area contributed by atoms with Crippen LogP contribution < -0.4 is 0 Å². The van der Waals surface area contributed by atoms with Crippen molar-refractivity contribution in [3.05, 3.63) is 24.0 Å². The van der Waals surface area contributed by atoms with E-state index in [1.54, 1.807) is 0 Å². The number of H-pyrrole nitrogens is 1. The number of carbonyl (C=O) groups is 1. The summed E-state index contributed by atoms with van der Waals surface area (Å²) >= 11 is 0. The van der Waals surface area contributed by atoms with Gasteiger partial charge in [0.2, 0.25) is 0 Å². The van der Waals surface area contributed by atoms with Crippen LogP contribution in [-0.4, -0.2) is 42.5 Å². The van der Waals surface area contributed by atoms with Gasteiger partial charge in [-0.3, -0.25) is 4.79 Å². The van der Waals surface area contributed by atoms with Gasteiger partial charge in [-0.05, 0) is 11.6 Å². The van der Waals surface area contributed by atoms with Crippen molar-refractivity contribution in [1.29, 1.82) is 0 Å². The number of aromatic amines is 1. The van der Waals surface area contributed by atoms with Crippen LogP contribution in [-0.2, 0) is 19.7 Å². The fourth-order valence-corrected chi connectivity index (χ4v) is 2.56. The molecule has 0 bridgehead atoms. The maximum Gasteiger partial charge on any atom is 0.315 e. The fourth-order valence-electron chi connectivity index (χ4n) is 2.56. The molecule has 0 aliphatic carbocycles. The van der Waals surface area contributed by atoms with Crippen molar-refractivity contribution >= 4 is 5.97 Å². The molecule has 0 unspecified atom stereocenters. The third-order valence-corrected chi connectivity index (χ3v) is 3.87. The summed E-state index contributed by atoms with van der Waals surface area (Å²) < 4.78 is 10.4. The second-order valence-corrected chi connectivity index (χ2v) is 4.55. The van der Waals surface area contributed by atoms with E-state index in [9.17, 15) is 9.90 Å². The minimum Gasteiger partial charge on any atom is -0.481 e. The highest BCUT2D eigenvalue weighted by molar-refractivity contribution is 5.79. The number of hydrogen-bond acceptors (Lipinski definition) is 3. The first-order valence-electron chi connectivity index (χ1n) is 5.23. The lowest BCUT2D eigenvalue weighted by atomic mass is 9.57. The van der Waals surface area contributed by atoms with Crippen LogP contribution in [0.4, 0.5) is 0 Å². The molecule has 0 amide bonds. The molecule has 16 heavy (non-hydrogen) atoms. The van der Waals surface area contributed by atoms with Gasteiger partial charge in [-0.25, -0.2) is 0 Å².